The van der Waals surface area contributed by atoms with Crippen LogP contribution in [0.2, 0.25) is 0 Å². The molecule has 0 atom stereocenters. The fourth-order valence-electron chi connectivity index (χ4n) is 2.75. The molecule has 1 aromatic carbocycles. The quantitative estimate of drug-likeness (QED) is 0.492. The Bertz CT molecular complexity index is 1150. The number of halogens is 5. The third kappa shape index (κ3) is 2.88. The van der Waals surface area contributed by atoms with E-state index in [1.165, 1.54) is 18.5 Å². The number of hydrogen-bond donors (Lipinski definition) is 0. The number of benzene rings is 1. The summed E-state index contributed by atoms with van der Waals surface area (Å²) in [5.41, 5.74) is -1.20. The fraction of sp³-hybridized carbons (Fsp3) is 0.0588. The minimum Gasteiger partial charge on any atom is -0.244 e. The molecular weight excluding hydrogens is 369 g/mol. The largest absolute Gasteiger partial charge is 0.434 e. The Morgan fingerprint density at radius 1 is 0.926 bits per heavy atom. The molecule has 3 aromatic heterocycles. The van der Waals surface area contributed by atoms with E-state index in [9.17, 15) is 22.0 Å². The molecule has 0 N–H and O–H groups in total. The van der Waals surface area contributed by atoms with Gasteiger partial charge in [-0.2, -0.15) is 18.3 Å². The summed E-state index contributed by atoms with van der Waals surface area (Å²) in [5, 5.41) is 4.24. The van der Waals surface area contributed by atoms with Gasteiger partial charge < -0.3 is 0 Å². The van der Waals surface area contributed by atoms with Crippen molar-refractivity contribution >= 4 is 11.0 Å². The Balaban J connectivity index is 1.96. The Labute approximate surface area is 148 Å². The average Bonchev–Trinajstić information content (AvgIpc) is 3.05. The zero-order chi connectivity index (χ0) is 19.2. The molecule has 27 heavy (non-hydrogen) atoms. The molecule has 0 aliphatic rings. The molecule has 0 bridgehead atoms. The minimum atomic E-state index is -4.69. The first kappa shape index (κ1) is 17.0. The molecular formula is C17H8F5N5. The molecule has 0 saturated carbocycles. The van der Waals surface area contributed by atoms with Gasteiger partial charge in [0.05, 0.1) is 6.20 Å². The normalized spacial score (nSPS) is 11.9. The van der Waals surface area contributed by atoms with Crippen molar-refractivity contribution in [3.8, 4) is 16.8 Å². The third-order valence-electron chi connectivity index (χ3n) is 3.88. The van der Waals surface area contributed by atoms with E-state index in [2.05, 4.69) is 20.1 Å². The second-order valence-electron chi connectivity index (χ2n) is 5.53. The van der Waals surface area contributed by atoms with E-state index in [1.807, 2.05) is 0 Å². The smallest absolute Gasteiger partial charge is 0.244 e. The molecule has 0 aliphatic carbocycles. The summed E-state index contributed by atoms with van der Waals surface area (Å²) < 4.78 is 68.2. The van der Waals surface area contributed by atoms with Crippen LogP contribution in [0.25, 0.3) is 27.8 Å². The first-order valence-electron chi connectivity index (χ1n) is 7.52. The molecule has 4 rings (SSSR count). The average molecular weight is 377 g/mol. The maximum atomic E-state index is 14.1. The van der Waals surface area contributed by atoms with Gasteiger partial charge in [-0.15, -0.1) is 0 Å². The van der Waals surface area contributed by atoms with Crippen LogP contribution in [0.5, 0.6) is 0 Å². The highest BCUT2D eigenvalue weighted by atomic mass is 19.4. The molecule has 5 nitrogen and oxygen atoms in total. The van der Waals surface area contributed by atoms with Crippen molar-refractivity contribution in [2.75, 3.05) is 0 Å². The van der Waals surface area contributed by atoms with E-state index in [0.29, 0.717) is 6.07 Å². The van der Waals surface area contributed by atoms with E-state index < -0.39 is 23.5 Å². The summed E-state index contributed by atoms with van der Waals surface area (Å²) in [6.45, 7) is 0. The summed E-state index contributed by atoms with van der Waals surface area (Å²) >= 11 is 0. The van der Waals surface area contributed by atoms with Crippen LogP contribution in [0.15, 0.2) is 49.2 Å². The summed E-state index contributed by atoms with van der Waals surface area (Å²) in [6.07, 6.45) is -0.312. The number of fused-ring (bicyclic) bond motifs is 1. The lowest BCUT2D eigenvalue weighted by atomic mass is 10.0. The number of nitrogens with zero attached hydrogens (tertiary/aromatic N) is 5. The Morgan fingerprint density at radius 2 is 1.74 bits per heavy atom. The van der Waals surface area contributed by atoms with E-state index in [0.717, 1.165) is 29.3 Å². The summed E-state index contributed by atoms with van der Waals surface area (Å²) in [6, 6.07) is 4.25. The summed E-state index contributed by atoms with van der Waals surface area (Å²) in [5.74, 6) is -1.65. The number of aromatic nitrogens is 5. The molecule has 0 spiro atoms. The molecule has 10 heteroatoms. The van der Waals surface area contributed by atoms with Crippen LogP contribution in [0.4, 0.5) is 22.0 Å². The van der Waals surface area contributed by atoms with Gasteiger partial charge >= 0.3 is 6.18 Å². The lowest BCUT2D eigenvalue weighted by Crippen LogP contribution is -2.10. The molecule has 0 unspecified atom stereocenters. The number of rotatable bonds is 2. The molecule has 3 heterocycles. The standard InChI is InChI=1S/C17H8F5N5/c18-9-1-2-14(13(19)5-9)27-16-12(7-26-27)10(3-4-24-16)11-6-23-8-25-15(11)17(20,21)22/h1-8H. The molecule has 4 aromatic rings. The van der Waals surface area contributed by atoms with Crippen molar-refractivity contribution in [1.82, 2.24) is 24.7 Å². The molecule has 0 saturated heterocycles. The van der Waals surface area contributed by atoms with Gasteiger partial charge in [0.2, 0.25) is 0 Å². The highest BCUT2D eigenvalue weighted by Gasteiger charge is 2.36. The van der Waals surface area contributed by atoms with Crippen LogP contribution in [-0.2, 0) is 6.18 Å². The Morgan fingerprint density at radius 3 is 2.48 bits per heavy atom. The van der Waals surface area contributed by atoms with E-state index in [4.69, 9.17) is 0 Å². The zero-order valence-electron chi connectivity index (χ0n) is 13.2. The first-order chi connectivity index (χ1) is 12.9. The monoisotopic (exact) mass is 377 g/mol. The van der Waals surface area contributed by atoms with Crippen LogP contribution >= 0.6 is 0 Å². The van der Waals surface area contributed by atoms with Crippen molar-refractivity contribution in [3.05, 3.63) is 66.5 Å². The molecule has 0 fully saturated rings. The summed E-state index contributed by atoms with van der Waals surface area (Å²) in [4.78, 5) is 11.1. The van der Waals surface area contributed by atoms with Crippen LogP contribution in [0, 0.1) is 11.6 Å². The van der Waals surface area contributed by atoms with Crippen LogP contribution in [-0.4, -0.2) is 24.7 Å². The lowest BCUT2D eigenvalue weighted by Gasteiger charge is -2.11. The summed E-state index contributed by atoms with van der Waals surface area (Å²) in [7, 11) is 0. The van der Waals surface area contributed by atoms with Gasteiger partial charge in [0.1, 0.15) is 17.8 Å². The molecule has 0 amide bonds. The fourth-order valence-corrected chi connectivity index (χ4v) is 2.75. The highest BCUT2D eigenvalue weighted by molar-refractivity contribution is 5.93. The molecule has 0 aliphatic heterocycles. The highest BCUT2D eigenvalue weighted by Crippen LogP contribution is 2.37. The van der Waals surface area contributed by atoms with E-state index in [1.54, 1.807) is 0 Å². The SMILES string of the molecule is Fc1ccc(-n2ncc3c(-c4cncnc4C(F)(F)F)ccnc32)c(F)c1. The van der Waals surface area contributed by atoms with Crippen molar-refractivity contribution < 1.29 is 22.0 Å². The van der Waals surface area contributed by atoms with Gasteiger partial charge in [-0.25, -0.2) is 28.4 Å². The van der Waals surface area contributed by atoms with Crippen molar-refractivity contribution in [2.24, 2.45) is 0 Å². The maximum Gasteiger partial charge on any atom is 0.434 e. The van der Waals surface area contributed by atoms with Gasteiger partial charge in [-0.1, -0.05) is 0 Å². The van der Waals surface area contributed by atoms with Crippen molar-refractivity contribution in [1.29, 1.82) is 0 Å². The van der Waals surface area contributed by atoms with Gasteiger partial charge in [0.25, 0.3) is 0 Å². The van der Waals surface area contributed by atoms with Crippen molar-refractivity contribution in [3.63, 3.8) is 0 Å². The Hall–Kier alpha value is -3.43. The second kappa shape index (κ2) is 6.08. The van der Waals surface area contributed by atoms with Crippen molar-refractivity contribution in [2.45, 2.75) is 6.18 Å². The van der Waals surface area contributed by atoms with Gasteiger partial charge in [-0.3, -0.25) is 0 Å². The Kier molecular flexibility index (Phi) is 3.83. The topological polar surface area (TPSA) is 56.5 Å². The number of alkyl halides is 3. The minimum absolute atomic E-state index is 0.0867. The predicted molar refractivity (Wildman–Crippen MR) is 84.8 cm³/mol. The number of pyridine rings is 1. The zero-order valence-corrected chi connectivity index (χ0v) is 13.2. The van der Waals surface area contributed by atoms with E-state index in [-0.39, 0.29) is 27.8 Å². The van der Waals surface area contributed by atoms with Gasteiger partial charge in [0.15, 0.2) is 17.2 Å². The van der Waals surface area contributed by atoms with Crippen LogP contribution in [0.1, 0.15) is 5.69 Å². The third-order valence-corrected chi connectivity index (χ3v) is 3.88. The first-order valence-corrected chi connectivity index (χ1v) is 7.52. The number of hydrogen-bond acceptors (Lipinski definition) is 4. The van der Waals surface area contributed by atoms with Gasteiger partial charge in [-0.05, 0) is 23.8 Å². The van der Waals surface area contributed by atoms with E-state index >= 15 is 0 Å². The molecule has 136 valence electrons. The second-order valence-corrected chi connectivity index (χ2v) is 5.53. The van der Waals surface area contributed by atoms with Crippen LogP contribution < -0.4 is 0 Å². The maximum absolute atomic E-state index is 14.1. The predicted octanol–water partition coefficient (Wildman–Crippen LogP) is 4.17. The molecule has 0 radical (unpaired) electrons. The van der Waals surface area contributed by atoms with Crippen LogP contribution in [0.3, 0.4) is 0 Å². The van der Waals surface area contributed by atoms with Gasteiger partial charge in [0, 0.05) is 29.4 Å². The lowest BCUT2D eigenvalue weighted by molar-refractivity contribution is -0.140.